The van der Waals surface area contributed by atoms with Crippen molar-refractivity contribution in [1.29, 1.82) is 0 Å². The van der Waals surface area contributed by atoms with Gasteiger partial charge in [-0.15, -0.1) is 5.10 Å². The van der Waals surface area contributed by atoms with Gasteiger partial charge in [0.2, 0.25) is 0 Å². The zero-order valence-corrected chi connectivity index (χ0v) is 13.6. The average Bonchev–Trinajstić information content (AvgIpc) is 3.20. The molecule has 0 atom stereocenters. The minimum Gasteiger partial charge on any atom is -0.378 e. The Labute approximate surface area is 139 Å². The Balaban J connectivity index is 1.32. The van der Waals surface area contributed by atoms with E-state index < -0.39 is 0 Å². The molecule has 1 saturated carbocycles. The van der Waals surface area contributed by atoms with Crippen molar-refractivity contribution in [1.82, 2.24) is 30.1 Å². The molecule has 0 radical (unpaired) electrons. The van der Waals surface area contributed by atoms with Gasteiger partial charge in [0.25, 0.3) is 0 Å². The Morgan fingerprint density at radius 2 is 2.12 bits per heavy atom. The smallest absolute Gasteiger partial charge is 0.141 e. The van der Waals surface area contributed by atoms with E-state index in [9.17, 15) is 0 Å². The first-order chi connectivity index (χ1) is 11.9. The summed E-state index contributed by atoms with van der Waals surface area (Å²) in [5.41, 5.74) is 3.17. The van der Waals surface area contributed by atoms with Crippen LogP contribution in [0.25, 0.3) is 16.6 Å². The number of fused-ring (bicyclic) bond motifs is 3. The predicted octanol–water partition coefficient (Wildman–Crippen LogP) is 1.87. The molecule has 1 aliphatic carbocycles. The normalized spacial score (nSPS) is 25.3. The molecule has 1 saturated heterocycles. The van der Waals surface area contributed by atoms with Crippen LogP contribution in [-0.2, 0) is 4.74 Å². The van der Waals surface area contributed by atoms with Crippen LogP contribution < -0.4 is 5.32 Å². The highest BCUT2D eigenvalue weighted by molar-refractivity contribution is 5.92. The summed E-state index contributed by atoms with van der Waals surface area (Å²) in [6.07, 6.45) is 8.57. The third kappa shape index (κ3) is 2.39. The Morgan fingerprint density at radius 3 is 2.92 bits per heavy atom. The van der Waals surface area contributed by atoms with E-state index >= 15 is 0 Å². The van der Waals surface area contributed by atoms with E-state index in [0.29, 0.717) is 12.0 Å². The van der Waals surface area contributed by atoms with Gasteiger partial charge < -0.3 is 15.0 Å². The molecule has 3 aromatic heterocycles. The first-order valence-electron chi connectivity index (χ1n) is 8.86. The summed E-state index contributed by atoms with van der Waals surface area (Å²) in [5, 5.41) is 13.5. The van der Waals surface area contributed by atoms with Gasteiger partial charge in [0.05, 0.1) is 24.9 Å². The number of ether oxygens (including phenoxy) is 1. The number of aromatic amines is 1. The Hall–Kier alpha value is -1.99. The lowest BCUT2D eigenvalue weighted by Gasteiger charge is -2.32. The van der Waals surface area contributed by atoms with Crippen LogP contribution >= 0.6 is 0 Å². The average molecular weight is 326 g/mol. The molecule has 3 aromatic rings. The van der Waals surface area contributed by atoms with Crippen LogP contribution in [0.5, 0.6) is 0 Å². The fourth-order valence-corrected chi connectivity index (χ4v) is 4.02. The Kier molecular flexibility index (Phi) is 3.48. The molecule has 7 nitrogen and oxygen atoms in total. The van der Waals surface area contributed by atoms with Crippen LogP contribution in [0, 0.1) is 5.92 Å². The van der Waals surface area contributed by atoms with E-state index in [1.165, 1.54) is 25.7 Å². The maximum Gasteiger partial charge on any atom is 0.141 e. The summed E-state index contributed by atoms with van der Waals surface area (Å²) >= 11 is 0. The summed E-state index contributed by atoms with van der Waals surface area (Å²) in [6.45, 7) is 2.87. The quantitative estimate of drug-likeness (QED) is 0.765. The van der Waals surface area contributed by atoms with E-state index in [4.69, 9.17) is 4.74 Å². The molecule has 0 bridgehead atoms. The number of nitrogens with one attached hydrogen (secondary N) is 2. The molecule has 5 rings (SSSR count). The maximum atomic E-state index is 5.22. The summed E-state index contributed by atoms with van der Waals surface area (Å²) in [7, 11) is 0. The van der Waals surface area contributed by atoms with E-state index in [2.05, 4.69) is 31.7 Å². The van der Waals surface area contributed by atoms with Gasteiger partial charge in [-0.25, -0.2) is 9.50 Å². The van der Waals surface area contributed by atoms with Gasteiger partial charge in [0.1, 0.15) is 17.5 Å². The predicted molar refractivity (Wildman–Crippen MR) is 89.9 cm³/mol. The molecule has 2 fully saturated rings. The molecule has 24 heavy (non-hydrogen) atoms. The van der Waals surface area contributed by atoms with Gasteiger partial charge in [-0.2, -0.15) is 0 Å². The van der Waals surface area contributed by atoms with Crippen LogP contribution in [0.15, 0.2) is 18.6 Å². The lowest BCUT2D eigenvalue weighted by Crippen LogP contribution is -2.47. The van der Waals surface area contributed by atoms with Crippen molar-refractivity contribution in [3.8, 4) is 0 Å². The van der Waals surface area contributed by atoms with E-state index in [0.717, 1.165) is 47.9 Å². The molecule has 2 aliphatic rings. The summed E-state index contributed by atoms with van der Waals surface area (Å²) in [6, 6.07) is 2.65. The number of hydrogen-bond donors (Lipinski definition) is 2. The van der Waals surface area contributed by atoms with Crippen molar-refractivity contribution in [3.63, 3.8) is 0 Å². The molecule has 0 unspecified atom stereocenters. The lowest BCUT2D eigenvalue weighted by molar-refractivity contribution is -0.00712. The first kappa shape index (κ1) is 14.4. The highest BCUT2D eigenvalue weighted by Crippen LogP contribution is 2.37. The molecular weight excluding hydrogens is 304 g/mol. The topological polar surface area (TPSA) is 80.1 Å². The van der Waals surface area contributed by atoms with Crippen LogP contribution in [0.3, 0.4) is 0 Å². The molecule has 7 heteroatoms. The molecule has 1 aliphatic heterocycles. The Bertz CT molecular complexity index is 843. The number of hydrogen-bond acceptors (Lipinski definition) is 5. The highest BCUT2D eigenvalue weighted by atomic mass is 16.5. The van der Waals surface area contributed by atoms with Gasteiger partial charge in [0, 0.05) is 17.5 Å². The SMILES string of the molecule is c1cc2c(ncn3nnc(C4CCC(CNC5COC5)CC4)c23)[nH]1. The fraction of sp³-hybridized carbons (Fsp3) is 0.588. The standard InChI is InChI=1S/C17H22N6O/c1-3-12(4-2-11(1)7-19-13-8-24-9-13)15-16-14-5-6-18-17(14)20-10-23(16)22-21-15/h5-6,10-13,18-19H,1-4,7-9H2. The second kappa shape index (κ2) is 5.82. The van der Waals surface area contributed by atoms with Crippen LogP contribution in [0.1, 0.15) is 37.3 Å². The van der Waals surface area contributed by atoms with E-state index in [-0.39, 0.29) is 0 Å². The van der Waals surface area contributed by atoms with Crippen LogP contribution in [0.4, 0.5) is 0 Å². The van der Waals surface area contributed by atoms with Crippen molar-refractivity contribution in [3.05, 3.63) is 24.3 Å². The summed E-state index contributed by atoms with van der Waals surface area (Å²) < 4.78 is 7.04. The van der Waals surface area contributed by atoms with E-state index in [1.54, 1.807) is 6.33 Å². The monoisotopic (exact) mass is 326 g/mol. The second-order valence-electron chi connectivity index (χ2n) is 7.11. The third-order valence-corrected chi connectivity index (χ3v) is 5.56. The van der Waals surface area contributed by atoms with Crippen molar-refractivity contribution in [2.45, 2.75) is 37.6 Å². The Morgan fingerprint density at radius 1 is 1.25 bits per heavy atom. The van der Waals surface area contributed by atoms with Gasteiger partial charge in [-0.05, 0) is 44.2 Å². The molecule has 0 aromatic carbocycles. The lowest BCUT2D eigenvalue weighted by atomic mass is 9.80. The van der Waals surface area contributed by atoms with Crippen LogP contribution in [0.2, 0.25) is 0 Å². The first-order valence-corrected chi connectivity index (χ1v) is 8.86. The highest BCUT2D eigenvalue weighted by Gasteiger charge is 2.27. The second-order valence-corrected chi connectivity index (χ2v) is 7.11. The largest absolute Gasteiger partial charge is 0.378 e. The maximum absolute atomic E-state index is 5.22. The summed E-state index contributed by atoms with van der Waals surface area (Å²) in [5.74, 6) is 1.28. The molecule has 4 heterocycles. The zero-order valence-electron chi connectivity index (χ0n) is 13.6. The molecule has 0 amide bonds. The van der Waals surface area contributed by atoms with Gasteiger partial charge in [0.15, 0.2) is 0 Å². The molecule has 2 N–H and O–H groups in total. The number of aromatic nitrogens is 5. The van der Waals surface area contributed by atoms with Gasteiger partial charge in [-0.1, -0.05) is 5.21 Å². The summed E-state index contributed by atoms with van der Waals surface area (Å²) in [4.78, 5) is 7.56. The minimum absolute atomic E-state index is 0.506. The molecule has 0 spiro atoms. The van der Waals surface area contributed by atoms with Crippen LogP contribution in [-0.4, -0.2) is 50.6 Å². The van der Waals surface area contributed by atoms with Crippen molar-refractivity contribution >= 4 is 16.6 Å². The van der Waals surface area contributed by atoms with Gasteiger partial charge in [-0.3, -0.25) is 0 Å². The number of H-pyrrole nitrogens is 1. The van der Waals surface area contributed by atoms with E-state index in [1.807, 2.05) is 10.7 Å². The number of rotatable bonds is 4. The molecule has 126 valence electrons. The zero-order chi connectivity index (χ0) is 15.9. The van der Waals surface area contributed by atoms with Crippen molar-refractivity contribution in [2.75, 3.05) is 19.8 Å². The number of nitrogens with zero attached hydrogens (tertiary/aromatic N) is 4. The minimum atomic E-state index is 0.506. The van der Waals surface area contributed by atoms with Crippen molar-refractivity contribution in [2.24, 2.45) is 5.92 Å². The molecular formula is C17H22N6O. The van der Waals surface area contributed by atoms with Crippen molar-refractivity contribution < 1.29 is 4.74 Å². The third-order valence-electron chi connectivity index (χ3n) is 5.56. The fourth-order valence-electron chi connectivity index (χ4n) is 4.02. The van der Waals surface area contributed by atoms with Gasteiger partial charge >= 0.3 is 0 Å².